The lowest BCUT2D eigenvalue weighted by molar-refractivity contribution is -0.118. The molecule has 2 unspecified atom stereocenters. The second-order valence-corrected chi connectivity index (χ2v) is 6.55. The Morgan fingerprint density at radius 3 is 2.86 bits per heavy atom. The van der Waals surface area contributed by atoms with Gasteiger partial charge in [0, 0.05) is 18.7 Å². The molecule has 0 fully saturated rings. The average Bonchev–Trinajstić information content (AvgIpc) is 2.69. The fourth-order valence-corrected chi connectivity index (χ4v) is 2.59. The minimum atomic E-state index is -0.738. The summed E-state index contributed by atoms with van der Waals surface area (Å²) in [6, 6.07) is 11.8. The van der Waals surface area contributed by atoms with Gasteiger partial charge >= 0.3 is 0 Å². The predicted octanol–water partition coefficient (Wildman–Crippen LogP) is 1.52. The number of hydrogen-bond acceptors (Lipinski definition) is 7. The van der Waals surface area contributed by atoms with Gasteiger partial charge in [-0.15, -0.1) is 0 Å². The molecule has 150 valence electrons. The van der Waals surface area contributed by atoms with Gasteiger partial charge in [0.25, 0.3) is 5.91 Å². The molecule has 28 heavy (non-hydrogen) atoms. The monoisotopic (exact) mass is 388 g/mol. The van der Waals surface area contributed by atoms with Crippen LogP contribution in [-0.2, 0) is 4.79 Å². The number of rotatable bonds is 9. The van der Waals surface area contributed by atoms with Crippen molar-refractivity contribution in [3.8, 4) is 23.0 Å². The molecule has 4 N–H and O–H groups in total. The Morgan fingerprint density at radius 1 is 1.21 bits per heavy atom. The molecule has 1 aliphatic rings. The van der Waals surface area contributed by atoms with Crippen LogP contribution in [0.15, 0.2) is 42.5 Å². The topological polar surface area (TPSA) is 109 Å². The molecule has 2 atom stereocenters. The van der Waals surface area contributed by atoms with Crippen LogP contribution >= 0.6 is 0 Å². The van der Waals surface area contributed by atoms with E-state index in [1.54, 1.807) is 36.4 Å². The van der Waals surface area contributed by atoms with Gasteiger partial charge in [0.2, 0.25) is 0 Å². The van der Waals surface area contributed by atoms with E-state index in [0.717, 1.165) is 0 Å². The molecule has 3 rings (SSSR count). The first kappa shape index (κ1) is 19.8. The van der Waals surface area contributed by atoms with E-state index in [4.69, 9.17) is 14.2 Å². The third-order valence-corrected chi connectivity index (χ3v) is 4.08. The smallest absolute Gasteiger partial charge is 0.262 e. The summed E-state index contributed by atoms with van der Waals surface area (Å²) in [5, 5.41) is 25.6. The fourth-order valence-electron chi connectivity index (χ4n) is 2.59. The largest absolute Gasteiger partial charge is 0.504 e. The number of carbonyl (C=O) groups is 1. The molecule has 0 saturated heterocycles. The molecular formula is C20H24N2O6. The number of phenols is 1. The van der Waals surface area contributed by atoms with Gasteiger partial charge in [-0.05, 0) is 31.2 Å². The van der Waals surface area contributed by atoms with Gasteiger partial charge in [-0.3, -0.25) is 4.79 Å². The molecule has 8 nitrogen and oxygen atoms in total. The maximum atomic E-state index is 11.4. The Hall–Kier alpha value is -2.97. The molecule has 0 saturated carbocycles. The number of fused-ring (bicyclic) bond motifs is 1. The highest BCUT2D eigenvalue weighted by molar-refractivity contribution is 5.95. The van der Waals surface area contributed by atoms with Crippen molar-refractivity contribution in [3.05, 3.63) is 42.5 Å². The number of anilines is 1. The Bertz CT molecular complexity index is 813. The zero-order valence-electron chi connectivity index (χ0n) is 15.6. The van der Waals surface area contributed by atoms with Crippen LogP contribution < -0.4 is 24.8 Å². The van der Waals surface area contributed by atoms with Crippen LogP contribution in [-0.4, -0.2) is 54.6 Å². The maximum absolute atomic E-state index is 11.4. The molecule has 1 heterocycles. The molecule has 0 aliphatic carbocycles. The van der Waals surface area contributed by atoms with Crippen molar-refractivity contribution < 1.29 is 29.2 Å². The highest BCUT2D eigenvalue weighted by Gasteiger charge is 2.16. The van der Waals surface area contributed by atoms with Gasteiger partial charge in [0.15, 0.2) is 18.1 Å². The standard InChI is InChI=1S/C20H24N2O6/c1-13(21-9-14(23)11-27-19-5-3-2-4-17(19)24)10-26-15-6-7-18-16(8-15)22-20(25)12-28-18/h2-8,13-14,21,23-24H,9-12H2,1H3,(H,22,25). The van der Waals surface area contributed by atoms with Gasteiger partial charge in [-0.25, -0.2) is 0 Å². The van der Waals surface area contributed by atoms with Crippen LogP contribution in [0.25, 0.3) is 0 Å². The van der Waals surface area contributed by atoms with Crippen LogP contribution in [0.1, 0.15) is 6.92 Å². The molecular weight excluding hydrogens is 364 g/mol. The number of aliphatic hydroxyl groups excluding tert-OH is 1. The van der Waals surface area contributed by atoms with E-state index in [9.17, 15) is 15.0 Å². The number of benzene rings is 2. The van der Waals surface area contributed by atoms with Crippen LogP contribution in [0.2, 0.25) is 0 Å². The van der Waals surface area contributed by atoms with E-state index in [0.29, 0.717) is 36.1 Å². The van der Waals surface area contributed by atoms with Crippen molar-refractivity contribution >= 4 is 11.6 Å². The van der Waals surface area contributed by atoms with E-state index in [1.165, 1.54) is 6.07 Å². The van der Waals surface area contributed by atoms with Crippen molar-refractivity contribution in [1.82, 2.24) is 5.32 Å². The molecule has 8 heteroatoms. The number of aromatic hydroxyl groups is 1. The van der Waals surface area contributed by atoms with Gasteiger partial charge in [0.05, 0.1) is 5.69 Å². The van der Waals surface area contributed by atoms with E-state index < -0.39 is 6.10 Å². The summed E-state index contributed by atoms with van der Waals surface area (Å²) in [6.45, 7) is 2.69. The van der Waals surface area contributed by atoms with Crippen molar-refractivity contribution in [2.45, 2.75) is 19.1 Å². The zero-order chi connectivity index (χ0) is 19.9. The number of ether oxygens (including phenoxy) is 3. The van der Waals surface area contributed by atoms with Crippen molar-refractivity contribution in [2.24, 2.45) is 0 Å². The number of phenolic OH excluding ortho intramolecular Hbond substituents is 1. The van der Waals surface area contributed by atoms with Crippen molar-refractivity contribution in [3.63, 3.8) is 0 Å². The summed E-state index contributed by atoms with van der Waals surface area (Å²) in [7, 11) is 0. The Kier molecular flexibility index (Phi) is 6.57. The van der Waals surface area contributed by atoms with Gasteiger partial charge in [-0.2, -0.15) is 0 Å². The summed E-state index contributed by atoms with van der Waals surface area (Å²) >= 11 is 0. The van der Waals surface area contributed by atoms with Crippen molar-refractivity contribution in [2.75, 3.05) is 31.7 Å². The zero-order valence-corrected chi connectivity index (χ0v) is 15.6. The lowest BCUT2D eigenvalue weighted by Gasteiger charge is -2.20. The summed E-state index contributed by atoms with van der Waals surface area (Å²) in [5.74, 6) is 1.41. The Balaban J connectivity index is 1.38. The van der Waals surface area contributed by atoms with Crippen molar-refractivity contribution in [1.29, 1.82) is 0 Å². The first-order chi connectivity index (χ1) is 13.5. The highest BCUT2D eigenvalue weighted by atomic mass is 16.5. The number of nitrogens with one attached hydrogen (secondary N) is 2. The Morgan fingerprint density at radius 2 is 2.04 bits per heavy atom. The molecule has 0 spiro atoms. The molecule has 0 aromatic heterocycles. The van der Waals surface area contributed by atoms with E-state index in [-0.39, 0.29) is 30.9 Å². The van der Waals surface area contributed by atoms with E-state index >= 15 is 0 Å². The van der Waals surface area contributed by atoms with E-state index in [2.05, 4.69) is 10.6 Å². The molecule has 1 amide bonds. The number of carbonyl (C=O) groups excluding carboxylic acids is 1. The predicted molar refractivity (Wildman–Crippen MR) is 103 cm³/mol. The number of para-hydroxylation sites is 2. The minimum absolute atomic E-state index is 0.0179. The third-order valence-electron chi connectivity index (χ3n) is 4.08. The molecule has 1 aliphatic heterocycles. The third kappa shape index (κ3) is 5.51. The second kappa shape index (κ2) is 9.29. The first-order valence-corrected chi connectivity index (χ1v) is 9.03. The van der Waals surface area contributed by atoms with E-state index in [1.807, 2.05) is 6.92 Å². The SMILES string of the molecule is CC(COc1ccc2c(c1)NC(=O)CO2)NCC(O)COc1ccccc1O. The summed E-state index contributed by atoms with van der Waals surface area (Å²) in [5.41, 5.74) is 0.589. The lowest BCUT2D eigenvalue weighted by Crippen LogP contribution is -2.39. The normalized spacial score (nSPS) is 15.0. The van der Waals surface area contributed by atoms with Gasteiger partial charge in [-0.1, -0.05) is 12.1 Å². The lowest BCUT2D eigenvalue weighted by atomic mass is 10.2. The molecule has 0 bridgehead atoms. The summed E-state index contributed by atoms with van der Waals surface area (Å²) in [4.78, 5) is 11.4. The Labute approximate surface area is 163 Å². The first-order valence-electron chi connectivity index (χ1n) is 9.03. The molecule has 2 aromatic carbocycles. The number of hydrogen-bond donors (Lipinski definition) is 4. The van der Waals surface area contributed by atoms with Crippen LogP contribution in [0, 0.1) is 0 Å². The molecule has 0 radical (unpaired) electrons. The summed E-state index contributed by atoms with van der Waals surface area (Å²) in [6.07, 6.45) is -0.738. The number of aliphatic hydroxyl groups is 1. The maximum Gasteiger partial charge on any atom is 0.262 e. The van der Waals surface area contributed by atoms with Gasteiger partial charge in [0.1, 0.15) is 30.8 Å². The summed E-state index contributed by atoms with van der Waals surface area (Å²) < 4.78 is 16.4. The van der Waals surface area contributed by atoms with Crippen LogP contribution in [0.4, 0.5) is 5.69 Å². The van der Waals surface area contributed by atoms with Crippen LogP contribution in [0.5, 0.6) is 23.0 Å². The number of amides is 1. The minimum Gasteiger partial charge on any atom is -0.504 e. The fraction of sp³-hybridized carbons (Fsp3) is 0.350. The molecule has 2 aromatic rings. The average molecular weight is 388 g/mol. The highest BCUT2D eigenvalue weighted by Crippen LogP contribution is 2.31. The van der Waals surface area contributed by atoms with Gasteiger partial charge < -0.3 is 35.1 Å². The van der Waals surface area contributed by atoms with Crippen LogP contribution in [0.3, 0.4) is 0 Å². The second-order valence-electron chi connectivity index (χ2n) is 6.55. The quantitative estimate of drug-likeness (QED) is 0.516.